The van der Waals surface area contributed by atoms with Crippen LogP contribution in [0.4, 0.5) is 5.82 Å². The van der Waals surface area contributed by atoms with Crippen LogP contribution in [0, 0.1) is 0 Å². The van der Waals surface area contributed by atoms with Gasteiger partial charge in [-0.3, -0.25) is 0 Å². The number of ether oxygens (including phenoxy) is 1. The van der Waals surface area contributed by atoms with Crippen LogP contribution in [0.15, 0.2) is 0 Å². The minimum absolute atomic E-state index is 0.148. The maximum absolute atomic E-state index is 5.92. The first-order valence-electron chi connectivity index (χ1n) is 7.56. The number of nitrogens with zero attached hydrogens (tertiary/aromatic N) is 2. The number of hydrogen-bond donors (Lipinski definition) is 2. The van der Waals surface area contributed by atoms with E-state index in [2.05, 4.69) is 36.3 Å². The zero-order valence-electron chi connectivity index (χ0n) is 13.0. The molecule has 0 bridgehead atoms. The summed E-state index contributed by atoms with van der Waals surface area (Å²) >= 11 is 5.23. The van der Waals surface area contributed by atoms with Crippen molar-refractivity contribution in [2.24, 2.45) is 5.73 Å². The molecule has 1 unspecified atom stereocenters. The lowest BCUT2D eigenvalue weighted by molar-refractivity contribution is 0.0314. The third kappa shape index (κ3) is 3.49. The molecule has 1 aromatic rings. The van der Waals surface area contributed by atoms with Gasteiger partial charge in [0.25, 0.3) is 0 Å². The van der Waals surface area contributed by atoms with E-state index in [1.54, 1.807) is 0 Å². The van der Waals surface area contributed by atoms with E-state index in [1.807, 2.05) is 0 Å². The van der Waals surface area contributed by atoms with Gasteiger partial charge in [0.15, 0.2) is 5.82 Å². The van der Waals surface area contributed by atoms with E-state index in [4.69, 9.17) is 22.7 Å². The Morgan fingerprint density at radius 1 is 1.38 bits per heavy atom. The minimum Gasteiger partial charge on any atom is -0.389 e. The van der Waals surface area contributed by atoms with Crippen molar-refractivity contribution in [2.75, 3.05) is 18.5 Å². The first-order valence-corrected chi connectivity index (χ1v) is 7.97. The van der Waals surface area contributed by atoms with Crippen LogP contribution in [0.3, 0.4) is 0 Å². The molecule has 1 aliphatic heterocycles. The number of rotatable bonds is 6. The molecule has 21 heavy (non-hydrogen) atoms. The Bertz CT molecular complexity index is 527. The fourth-order valence-corrected chi connectivity index (χ4v) is 3.03. The summed E-state index contributed by atoms with van der Waals surface area (Å²) in [7, 11) is 0. The Morgan fingerprint density at radius 2 is 2.14 bits per heavy atom. The van der Waals surface area contributed by atoms with E-state index < -0.39 is 0 Å². The summed E-state index contributed by atoms with van der Waals surface area (Å²) in [5.74, 6) is 0.674. The largest absolute Gasteiger partial charge is 0.389 e. The van der Waals surface area contributed by atoms with Crippen molar-refractivity contribution < 1.29 is 4.74 Å². The predicted molar refractivity (Wildman–Crippen MR) is 88.8 cm³/mol. The number of nitrogens with two attached hydrogens (primary N) is 1. The molecular formula is C15H24N4OS. The molecule has 1 aliphatic rings. The molecule has 6 heteroatoms. The highest BCUT2D eigenvalue weighted by molar-refractivity contribution is 7.80. The average molecular weight is 308 g/mol. The summed E-state index contributed by atoms with van der Waals surface area (Å²) < 4.78 is 5.79. The quantitative estimate of drug-likeness (QED) is 0.785. The van der Waals surface area contributed by atoms with Gasteiger partial charge >= 0.3 is 0 Å². The smallest absolute Gasteiger partial charge is 0.159 e. The van der Waals surface area contributed by atoms with Gasteiger partial charge in [0.1, 0.15) is 4.99 Å². The van der Waals surface area contributed by atoms with E-state index in [9.17, 15) is 0 Å². The Labute approximate surface area is 131 Å². The molecule has 2 rings (SSSR count). The van der Waals surface area contributed by atoms with Crippen molar-refractivity contribution in [1.29, 1.82) is 0 Å². The van der Waals surface area contributed by atoms with E-state index >= 15 is 0 Å². The van der Waals surface area contributed by atoms with Crippen molar-refractivity contribution >= 4 is 23.0 Å². The van der Waals surface area contributed by atoms with Gasteiger partial charge in [-0.05, 0) is 38.2 Å². The molecule has 1 aromatic heterocycles. The normalized spacial score (nSPS) is 21.5. The van der Waals surface area contributed by atoms with E-state index in [0.717, 1.165) is 49.1 Å². The third-order valence-corrected chi connectivity index (χ3v) is 4.23. The summed E-state index contributed by atoms with van der Waals surface area (Å²) in [6.45, 7) is 7.77. The van der Waals surface area contributed by atoms with Crippen LogP contribution in [-0.2, 0) is 17.6 Å². The maximum atomic E-state index is 5.92. The van der Waals surface area contributed by atoms with Gasteiger partial charge in [0, 0.05) is 13.2 Å². The average Bonchev–Trinajstić information content (AvgIpc) is 2.90. The number of aromatic nitrogens is 2. The monoisotopic (exact) mass is 308 g/mol. The molecule has 5 nitrogen and oxygen atoms in total. The molecule has 116 valence electrons. The second-order valence-corrected chi connectivity index (χ2v) is 6.12. The van der Waals surface area contributed by atoms with E-state index in [1.165, 1.54) is 0 Å². The SMILES string of the molecule is CCc1nnc(NCC2(C)CCCO2)c(C(N)=S)c1CC. The molecule has 1 saturated heterocycles. The fraction of sp³-hybridized carbons (Fsp3) is 0.667. The van der Waals surface area contributed by atoms with E-state index in [-0.39, 0.29) is 5.60 Å². The van der Waals surface area contributed by atoms with Crippen LogP contribution in [0.25, 0.3) is 0 Å². The van der Waals surface area contributed by atoms with Crippen LogP contribution in [0.5, 0.6) is 0 Å². The zero-order valence-corrected chi connectivity index (χ0v) is 13.8. The molecule has 0 amide bonds. The topological polar surface area (TPSA) is 73.1 Å². The van der Waals surface area contributed by atoms with Crippen LogP contribution in [0.2, 0.25) is 0 Å². The maximum Gasteiger partial charge on any atom is 0.159 e. The molecule has 2 heterocycles. The summed E-state index contributed by atoms with van der Waals surface area (Å²) in [6, 6.07) is 0. The van der Waals surface area contributed by atoms with Gasteiger partial charge in [0.2, 0.25) is 0 Å². The molecule has 0 aliphatic carbocycles. The lowest BCUT2D eigenvalue weighted by Gasteiger charge is -2.24. The molecule has 0 aromatic carbocycles. The van der Waals surface area contributed by atoms with Crippen molar-refractivity contribution in [3.63, 3.8) is 0 Å². The van der Waals surface area contributed by atoms with Gasteiger partial charge in [-0.25, -0.2) is 0 Å². The van der Waals surface area contributed by atoms with Crippen molar-refractivity contribution in [2.45, 2.75) is 52.1 Å². The van der Waals surface area contributed by atoms with Crippen molar-refractivity contribution in [3.8, 4) is 0 Å². The van der Waals surface area contributed by atoms with Crippen molar-refractivity contribution in [3.05, 3.63) is 16.8 Å². The number of thiocarbonyl (C=S) groups is 1. The lowest BCUT2D eigenvalue weighted by atomic mass is 10.0. The molecule has 0 saturated carbocycles. The summed E-state index contributed by atoms with van der Waals surface area (Å²) in [5.41, 5.74) is 8.67. The van der Waals surface area contributed by atoms with E-state index in [0.29, 0.717) is 17.4 Å². The van der Waals surface area contributed by atoms with Gasteiger partial charge in [-0.2, -0.15) is 5.10 Å². The number of hydrogen-bond acceptors (Lipinski definition) is 5. The first kappa shape index (κ1) is 16.1. The van der Waals surface area contributed by atoms with Crippen LogP contribution in [-0.4, -0.2) is 33.9 Å². The lowest BCUT2D eigenvalue weighted by Crippen LogP contribution is -2.33. The highest BCUT2D eigenvalue weighted by Gasteiger charge is 2.30. The second-order valence-electron chi connectivity index (χ2n) is 5.68. The standard InChI is InChI=1S/C15H24N4OS/c1-4-10-11(5-2)18-19-14(12(10)13(16)21)17-9-15(3)7-6-8-20-15/h4-9H2,1-3H3,(H2,16,21)(H,17,19). The predicted octanol–water partition coefficient (Wildman–Crippen LogP) is 2.22. The van der Waals surface area contributed by atoms with Gasteiger partial charge in [-0.1, -0.05) is 26.1 Å². The zero-order chi connectivity index (χ0) is 15.5. The van der Waals surface area contributed by atoms with Crippen molar-refractivity contribution in [1.82, 2.24) is 10.2 Å². The summed E-state index contributed by atoms with van der Waals surface area (Å²) in [4.78, 5) is 0.372. The second kappa shape index (κ2) is 6.66. The number of anilines is 1. The molecule has 0 radical (unpaired) electrons. The number of aryl methyl sites for hydroxylation is 1. The minimum atomic E-state index is -0.148. The molecule has 3 N–H and O–H groups in total. The Hall–Kier alpha value is -1.27. The summed E-state index contributed by atoms with van der Waals surface area (Å²) in [5, 5.41) is 11.9. The van der Waals surface area contributed by atoms with Gasteiger partial charge < -0.3 is 15.8 Å². The highest BCUT2D eigenvalue weighted by Crippen LogP contribution is 2.27. The van der Waals surface area contributed by atoms with Gasteiger partial charge in [-0.15, -0.1) is 5.10 Å². The molecule has 1 fully saturated rings. The molecule has 0 spiro atoms. The summed E-state index contributed by atoms with van der Waals surface area (Å²) in [6.07, 6.45) is 3.81. The first-order chi connectivity index (χ1) is 10.0. The molecular weight excluding hydrogens is 284 g/mol. The number of nitrogens with one attached hydrogen (secondary N) is 1. The Morgan fingerprint density at radius 3 is 2.67 bits per heavy atom. The van der Waals surface area contributed by atoms with Crippen LogP contribution < -0.4 is 11.1 Å². The Balaban J connectivity index is 2.28. The third-order valence-electron chi connectivity index (χ3n) is 4.02. The highest BCUT2D eigenvalue weighted by atomic mass is 32.1. The Kier molecular flexibility index (Phi) is 5.11. The van der Waals surface area contributed by atoms with Crippen LogP contribution in [0.1, 0.15) is 50.4 Å². The fourth-order valence-electron chi connectivity index (χ4n) is 2.81. The van der Waals surface area contributed by atoms with Crippen LogP contribution >= 0.6 is 12.2 Å². The molecule has 1 atom stereocenters. The van der Waals surface area contributed by atoms with Gasteiger partial charge in [0.05, 0.1) is 16.9 Å².